The summed E-state index contributed by atoms with van der Waals surface area (Å²) in [5.41, 5.74) is 0. The van der Waals surface area contributed by atoms with Gasteiger partial charge in [0, 0.05) is 0 Å². The van der Waals surface area contributed by atoms with E-state index >= 15 is 0 Å². The number of hydrogen-bond acceptors (Lipinski definition) is 6. The molecule has 0 aliphatic heterocycles. The van der Waals surface area contributed by atoms with Crippen molar-refractivity contribution in [1.29, 1.82) is 0 Å². The topological polar surface area (TPSA) is 138 Å². The van der Waals surface area contributed by atoms with Gasteiger partial charge in [-0.3, -0.25) is 0 Å². The van der Waals surface area contributed by atoms with Crippen LogP contribution in [0.5, 0.6) is 0 Å². The maximum absolute atomic E-state index is 12.7. The van der Waals surface area contributed by atoms with Gasteiger partial charge >= 0.3 is 11.8 Å². The zero-order valence-electron chi connectivity index (χ0n) is 6.91. The molecule has 0 rings (SSSR count). The number of carboxylic acid groups (broad SMARTS) is 1. The molecule has 0 saturated heterocycles. The van der Waals surface area contributed by atoms with Gasteiger partial charge in [-0.2, -0.15) is 4.39 Å². The predicted octanol–water partition coefficient (Wildman–Crippen LogP) is -3.20. The van der Waals surface area contributed by atoms with E-state index in [4.69, 9.17) is 30.6 Å². The second-order valence-corrected chi connectivity index (χ2v) is 2.66. The molecule has 0 radical (unpaired) electrons. The summed E-state index contributed by atoms with van der Waals surface area (Å²) in [6, 6.07) is 0. The Hall–Kier alpha value is -0.800. The van der Waals surface area contributed by atoms with E-state index in [2.05, 4.69) is 0 Å². The average molecular weight is 214 g/mol. The smallest absolute Gasteiger partial charge is 0.372 e. The zero-order chi connectivity index (χ0) is 11.5. The molecule has 0 bridgehead atoms. The molecule has 84 valence electrons. The van der Waals surface area contributed by atoms with Crippen LogP contribution in [-0.2, 0) is 4.79 Å². The Morgan fingerprint density at radius 1 is 1.36 bits per heavy atom. The van der Waals surface area contributed by atoms with Gasteiger partial charge in [0.15, 0.2) is 6.10 Å². The highest BCUT2D eigenvalue weighted by molar-refractivity contribution is 5.76. The quantitative estimate of drug-likeness (QED) is 0.283. The number of aliphatic hydroxyl groups excluding tert-OH is 4. The minimum atomic E-state index is -4.09. The third-order valence-corrected chi connectivity index (χ3v) is 1.60. The normalized spacial score (nSPS) is 22.1. The molecule has 0 spiro atoms. The van der Waals surface area contributed by atoms with Gasteiger partial charge in [0.25, 0.3) is 0 Å². The van der Waals surface area contributed by atoms with Crippen LogP contribution in [0, 0.1) is 0 Å². The molecule has 8 heteroatoms. The largest absolute Gasteiger partial charge is 0.477 e. The van der Waals surface area contributed by atoms with Crippen LogP contribution < -0.4 is 0 Å². The molecule has 0 heterocycles. The van der Waals surface area contributed by atoms with Gasteiger partial charge in [0.1, 0.15) is 12.2 Å². The van der Waals surface area contributed by atoms with Crippen molar-refractivity contribution in [2.24, 2.45) is 0 Å². The second-order valence-electron chi connectivity index (χ2n) is 2.66. The van der Waals surface area contributed by atoms with Gasteiger partial charge in [0.05, 0.1) is 6.61 Å². The van der Waals surface area contributed by atoms with Gasteiger partial charge in [-0.25, -0.2) is 4.79 Å². The fraction of sp³-hybridized carbons (Fsp3) is 0.833. The first kappa shape index (κ1) is 13.2. The van der Waals surface area contributed by atoms with Crippen LogP contribution in [0.3, 0.4) is 0 Å². The lowest BCUT2D eigenvalue weighted by atomic mass is 10.0. The Balaban J connectivity index is 4.60. The Bertz CT molecular complexity index is 206. The summed E-state index contributed by atoms with van der Waals surface area (Å²) < 4.78 is 12.7. The summed E-state index contributed by atoms with van der Waals surface area (Å²) in [6.07, 6.45) is -7.03. The Morgan fingerprint density at radius 3 is 2.07 bits per heavy atom. The lowest BCUT2D eigenvalue weighted by Crippen LogP contribution is -2.55. The molecular formula is C6H11FO7. The minimum Gasteiger partial charge on any atom is -0.477 e. The first-order chi connectivity index (χ1) is 6.25. The third-order valence-electron chi connectivity index (χ3n) is 1.60. The van der Waals surface area contributed by atoms with Crippen molar-refractivity contribution >= 4 is 5.97 Å². The molecule has 0 unspecified atom stereocenters. The summed E-state index contributed by atoms with van der Waals surface area (Å²) >= 11 is 0. The molecule has 4 atom stereocenters. The van der Waals surface area contributed by atoms with Crippen LogP contribution in [0.4, 0.5) is 4.39 Å². The molecule has 6 N–H and O–H groups in total. The van der Waals surface area contributed by atoms with Crippen molar-refractivity contribution in [1.82, 2.24) is 0 Å². The van der Waals surface area contributed by atoms with E-state index in [9.17, 15) is 9.18 Å². The van der Waals surface area contributed by atoms with E-state index in [1.54, 1.807) is 0 Å². The Morgan fingerprint density at radius 2 is 1.79 bits per heavy atom. The van der Waals surface area contributed by atoms with Gasteiger partial charge in [-0.1, -0.05) is 0 Å². The van der Waals surface area contributed by atoms with Gasteiger partial charge in [0.2, 0.25) is 0 Å². The lowest BCUT2D eigenvalue weighted by Gasteiger charge is -2.27. The molecule has 0 aliphatic carbocycles. The first-order valence-corrected chi connectivity index (χ1v) is 3.54. The molecule has 7 nitrogen and oxygen atoms in total. The lowest BCUT2D eigenvalue weighted by molar-refractivity contribution is -0.228. The third kappa shape index (κ3) is 2.59. The van der Waals surface area contributed by atoms with Crippen LogP contribution in [0.15, 0.2) is 0 Å². The standard InChI is InChI=1S/C6H11FO7/c7-6(14,5(12)13)4(11)3(10)2(9)1-8/h2-4,8-11,14H,1H2,(H,12,13)/t2-,3-,4+,6-/m1/s1. The molecule has 0 aliphatic rings. The van der Waals surface area contributed by atoms with Crippen LogP contribution in [-0.4, -0.2) is 67.4 Å². The average Bonchev–Trinajstić information content (AvgIpc) is 2.13. The van der Waals surface area contributed by atoms with E-state index in [0.29, 0.717) is 0 Å². The number of aliphatic hydroxyl groups is 5. The summed E-state index contributed by atoms with van der Waals surface area (Å²) in [5, 5.41) is 51.2. The van der Waals surface area contributed by atoms with Crippen LogP contribution in [0.25, 0.3) is 0 Å². The second kappa shape index (κ2) is 4.62. The van der Waals surface area contributed by atoms with Crippen molar-refractivity contribution in [3.63, 3.8) is 0 Å². The number of halogens is 1. The van der Waals surface area contributed by atoms with E-state index in [-0.39, 0.29) is 0 Å². The van der Waals surface area contributed by atoms with E-state index in [1.165, 1.54) is 0 Å². The van der Waals surface area contributed by atoms with Crippen LogP contribution >= 0.6 is 0 Å². The van der Waals surface area contributed by atoms with Crippen molar-refractivity contribution < 1.29 is 39.8 Å². The molecule has 0 saturated carbocycles. The van der Waals surface area contributed by atoms with Crippen LogP contribution in [0.1, 0.15) is 0 Å². The van der Waals surface area contributed by atoms with E-state index in [1.807, 2.05) is 0 Å². The highest BCUT2D eigenvalue weighted by Crippen LogP contribution is 2.17. The summed E-state index contributed by atoms with van der Waals surface area (Å²) in [6.45, 7) is -1.02. The Kier molecular flexibility index (Phi) is 4.36. The maximum Gasteiger partial charge on any atom is 0.372 e. The molecule has 14 heavy (non-hydrogen) atoms. The van der Waals surface area contributed by atoms with Gasteiger partial charge in [-0.05, 0) is 0 Å². The number of rotatable bonds is 5. The fourth-order valence-corrected chi connectivity index (χ4v) is 0.671. The van der Waals surface area contributed by atoms with Gasteiger partial charge in [-0.15, -0.1) is 0 Å². The van der Waals surface area contributed by atoms with Crippen molar-refractivity contribution in [3.05, 3.63) is 0 Å². The zero-order valence-corrected chi connectivity index (χ0v) is 6.91. The van der Waals surface area contributed by atoms with Crippen molar-refractivity contribution in [3.8, 4) is 0 Å². The van der Waals surface area contributed by atoms with E-state index < -0.39 is 36.7 Å². The van der Waals surface area contributed by atoms with E-state index in [0.717, 1.165) is 0 Å². The number of carboxylic acids is 1. The summed E-state index contributed by atoms with van der Waals surface area (Å²) in [5.74, 6) is -6.50. The highest BCUT2D eigenvalue weighted by atomic mass is 19.2. The molecule has 0 aromatic heterocycles. The molecule has 0 aromatic carbocycles. The fourth-order valence-electron chi connectivity index (χ4n) is 0.671. The molecular weight excluding hydrogens is 203 g/mol. The minimum absolute atomic E-state index is 1.02. The van der Waals surface area contributed by atoms with Crippen molar-refractivity contribution in [2.45, 2.75) is 24.2 Å². The van der Waals surface area contributed by atoms with Crippen molar-refractivity contribution in [2.75, 3.05) is 6.61 Å². The SMILES string of the molecule is O=C(O)[C@@](O)(F)[C@@H](O)[C@H](O)[C@H](O)CO. The number of aliphatic carboxylic acids is 1. The monoisotopic (exact) mass is 214 g/mol. The Labute approximate surface area is 77.7 Å². The summed E-state index contributed by atoms with van der Waals surface area (Å²) in [4.78, 5) is 10.0. The maximum atomic E-state index is 12.7. The van der Waals surface area contributed by atoms with Gasteiger partial charge < -0.3 is 30.6 Å². The number of carbonyl (C=O) groups is 1. The van der Waals surface area contributed by atoms with Crippen LogP contribution in [0.2, 0.25) is 0 Å². The molecule has 0 aromatic rings. The highest BCUT2D eigenvalue weighted by Gasteiger charge is 2.49. The molecule has 0 fully saturated rings. The number of alkyl halides is 1. The summed E-state index contributed by atoms with van der Waals surface area (Å²) in [7, 11) is 0. The number of hydrogen-bond donors (Lipinski definition) is 6. The molecule has 0 amide bonds. The predicted molar refractivity (Wildman–Crippen MR) is 38.8 cm³/mol. The first-order valence-electron chi connectivity index (χ1n) is 3.54.